The highest BCUT2D eigenvalue weighted by molar-refractivity contribution is 7.13. The fourth-order valence-electron chi connectivity index (χ4n) is 3.26. The van der Waals surface area contributed by atoms with Gasteiger partial charge in [-0.1, -0.05) is 0 Å². The van der Waals surface area contributed by atoms with Gasteiger partial charge in [0.25, 0.3) is 5.91 Å². The van der Waals surface area contributed by atoms with Crippen LogP contribution >= 0.6 is 11.3 Å². The molecule has 7 nitrogen and oxygen atoms in total. The number of aliphatic carboxylic acids is 1. The first-order valence-corrected chi connectivity index (χ1v) is 9.41. The molecule has 1 fully saturated rings. The van der Waals surface area contributed by atoms with Crippen molar-refractivity contribution in [2.24, 2.45) is 0 Å². The SMILES string of the molecule is O=C(O)C1CCCCN1C(=O)c1csc(-c2ccc3c(c2)OCCO3)n1. The molecule has 3 heterocycles. The molecule has 1 amide bonds. The average molecular weight is 374 g/mol. The number of fused-ring (bicyclic) bond motifs is 1. The number of nitrogens with zero attached hydrogens (tertiary/aromatic N) is 2. The summed E-state index contributed by atoms with van der Waals surface area (Å²) in [7, 11) is 0. The lowest BCUT2D eigenvalue weighted by atomic mass is 10.0. The van der Waals surface area contributed by atoms with Crippen LogP contribution in [0.25, 0.3) is 10.6 Å². The highest BCUT2D eigenvalue weighted by Gasteiger charge is 2.33. The van der Waals surface area contributed by atoms with Gasteiger partial charge in [0.05, 0.1) is 0 Å². The van der Waals surface area contributed by atoms with Crippen LogP contribution in [0.3, 0.4) is 0 Å². The summed E-state index contributed by atoms with van der Waals surface area (Å²) in [4.78, 5) is 30.0. The van der Waals surface area contributed by atoms with Crippen molar-refractivity contribution in [3.63, 3.8) is 0 Å². The largest absolute Gasteiger partial charge is 0.486 e. The molecule has 0 spiro atoms. The predicted molar refractivity (Wildman–Crippen MR) is 94.9 cm³/mol. The maximum Gasteiger partial charge on any atom is 0.326 e. The van der Waals surface area contributed by atoms with Gasteiger partial charge in [0.2, 0.25) is 0 Å². The van der Waals surface area contributed by atoms with Crippen LogP contribution in [-0.4, -0.2) is 52.7 Å². The van der Waals surface area contributed by atoms with Crippen molar-refractivity contribution in [2.45, 2.75) is 25.3 Å². The van der Waals surface area contributed by atoms with E-state index in [9.17, 15) is 14.7 Å². The summed E-state index contributed by atoms with van der Waals surface area (Å²) in [5.74, 6) is 0.0850. The quantitative estimate of drug-likeness (QED) is 0.888. The lowest BCUT2D eigenvalue weighted by molar-refractivity contribution is -0.143. The van der Waals surface area contributed by atoms with Crippen molar-refractivity contribution in [3.05, 3.63) is 29.3 Å². The Hall–Kier alpha value is -2.61. The Morgan fingerprint density at radius 3 is 2.81 bits per heavy atom. The molecule has 136 valence electrons. The van der Waals surface area contributed by atoms with Crippen LogP contribution in [0.4, 0.5) is 0 Å². The molecule has 1 unspecified atom stereocenters. The molecule has 8 heteroatoms. The number of carbonyl (C=O) groups excluding carboxylic acids is 1. The zero-order chi connectivity index (χ0) is 18.1. The Labute approximate surface area is 154 Å². The number of amides is 1. The molecular formula is C18H18N2O5S. The first-order valence-electron chi connectivity index (χ1n) is 8.53. The summed E-state index contributed by atoms with van der Waals surface area (Å²) in [6, 6.07) is 4.79. The standard InChI is InChI=1S/C18H18N2O5S/c21-17(20-6-2-1-3-13(20)18(22)23)12-10-26-16(19-12)11-4-5-14-15(9-11)25-8-7-24-14/h4-5,9-10,13H,1-3,6-8H2,(H,22,23). The van der Waals surface area contributed by atoms with E-state index < -0.39 is 12.0 Å². The molecule has 26 heavy (non-hydrogen) atoms. The van der Waals surface area contributed by atoms with Gasteiger partial charge in [-0.05, 0) is 37.5 Å². The number of likely N-dealkylation sites (tertiary alicyclic amines) is 1. The Bertz CT molecular complexity index is 850. The number of piperidine rings is 1. The molecule has 1 aromatic carbocycles. The smallest absolute Gasteiger partial charge is 0.326 e. The number of carboxylic acids is 1. The molecule has 0 aliphatic carbocycles. The minimum Gasteiger partial charge on any atom is -0.486 e. The van der Waals surface area contributed by atoms with Crippen molar-refractivity contribution < 1.29 is 24.2 Å². The average Bonchev–Trinajstić information content (AvgIpc) is 3.17. The maximum absolute atomic E-state index is 12.8. The van der Waals surface area contributed by atoms with Crippen LogP contribution in [0.5, 0.6) is 11.5 Å². The number of thiazole rings is 1. The van der Waals surface area contributed by atoms with Crippen LogP contribution in [0.1, 0.15) is 29.8 Å². The third-order valence-corrected chi connectivity index (χ3v) is 5.45. The van der Waals surface area contributed by atoms with E-state index in [2.05, 4.69) is 4.98 Å². The van der Waals surface area contributed by atoms with E-state index in [4.69, 9.17) is 9.47 Å². The molecule has 1 aromatic heterocycles. The molecule has 2 aliphatic heterocycles. The minimum absolute atomic E-state index is 0.285. The van der Waals surface area contributed by atoms with Crippen molar-refractivity contribution in [2.75, 3.05) is 19.8 Å². The van der Waals surface area contributed by atoms with E-state index in [1.54, 1.807) is 5.38 Å². The first kappa shape index (κ1) is 16.8. The summed E-state index contributed by atoms with van der Waals surface area (Å²) in [5.41, 5.74) is 1.12. The fourth-order valence-corrected chi connectivity index (χ4v) is 4.05. The highest BCUT2D eigenvalue weighted by Crippen LogP contribution is 2.35. The topological polar surface area (TPSA) is 89.0 Å². The third-order valence-electron chi connectivity index (χ3n) is 4.56. The summed E-state index contributed by atoms with van der Waals surface area (Å²) < 4.78 is 11.1. The van der Waals surface area contributed by atoms with Gasteiger partial charge in [-0.3, -0.25) is 4.79 Å². The molecule has 0 radical (unpaired) electrons. The van der Waals surface area contributed by atoms with E-state index in [-0.39, 0.29) is 11.6 Å². The lowest BCUT2D eigenvalue weighted by Crippen LogP contribution is -2.48. The van der Waals surface area contributed by atoms with E-state index in [0.717, 1.165) is 18.4 Å². The minimum atomic E-state index is -0.958. The molecular weight excluding hydrogens is 356 g/mol. The molecule has 0 bridgehead atoms. The molecule has 1 saturated heterocycles. The van der Waals surface area contributed by atoms with Crippen LogP contribution in [0.2, 0.25) is 0 Å². The molecule has 1 N–H and O–H groups in total. The van der Waals surface area contributed by atoms with Crippen molar-refractivity contribution in [1.29, 1.82) is 0 Å². The number of carbonyl (C=O) groups is 2. The Morgan fingerprint density at radius 2 is 2.00 bits per heavy atom. The third kappa shape index (κ3) is 3.12. The van der Waals surface area contributed by atoms with Gasteiger partial charge < -0.3 is 19.5 Å². The van der Waals surface area contributed by atoms with Crippen molar-refractivity contribution in [1.82, 2.24) is 9.88 Å². The number of hydrogen-bond acceptors (Lipinski definition) is 6. The number of rotatable bonds is 3. The normalized spacial score (nSPS) is 19.2. The number of aromatic nitrogens is 1. The van der Waals surface area contributed by atoms with Gasteiger partial charge in [0.1, 0.15) is 30.0 Å². The van der Waals surface area contributed by atoms with Crippen LogP contribution < -0.4 is 9.47 Å². The second-order valence-corrected chi connectivity index (χ2v) is 7.10. The summed E-state index contributed by atoms with van der Waals surface area (Å²) >= 11 is 1.35. The van der Waals surface area contributed by atoms with E-state index in [1.807, 2.05) is 18.2 Å². The van der Waals surface area contributed by atoms with E-state index >= 15 is 0 Å². The number of carboxylic acid groups (broad SMARTS) is 1. The summed E-state index contributed by atoms with van der Waals surface area (Å²) in [6.45, 7) is 1.49. The molecule has 2 aromatic rings. The number of benzene rings is 1. The summed E-state index contributed by atoms with van der Waals surface area (Å²) in [6.07, 6.45) is 2.12. The maximum atomic E-state index is 12.8. The van der Waals surface area contributed by atoms with Gasteiger partial charge in [-0.2, -0.15) is 0 Å². The van der Waals surface area contributed by atoms with E-state index in [0.29, 0.717) is 42.7 Å². The first-order chi connectivity index (χ1) is 12.6. The molecule has 2 aliphatic rings. The van der Waals surface area contributed by atoms with Gasteiger partial charge in [0, 0.05) is 17.5 Å². The predicted octanol–water partition coefficient (Wildman–Crippen LogP) is 2.66. The van der Waals surface area contributed by atoms with Gasteiger partial charge in [-0.25, -0.2) is 9.78 Å². The van der Waals surface area contributed by atoms with Gasteiger partial charge in [0.15, 0.2) is 11.5 Å². The lowest BCUT2D eigenvalue weighted by Gasteiger charge is -2.32. The molecule has 0 saturated carbocycles. The number of ether oxygens (including phenoxy) is 2. The van der Waals surface area contributed by atoms with Crippen molar-refractivity contribution >= 4 is 23.2 Å². The Balaban J connectivity index is 1.57. The highest BCUT2D eigenvalue weighted by atomic mass is 32.1. The van der Waals surface area contributed by atoms with Crippen molar-refractivity contribution in [3.8, 4) is 22.1 Å². The Morgan fingerprint density at radius 1 is 1.19 bits per heavy atom. The second kappa shape index (κ2) is 6.95. The monoisotopic (exact) mass is 374 g/mol. The van der Waals surface area contributed by atoms with Crippen LogP contribution in [0.15, 0.2) is 23.6 Å². The van der Waals surface area contributed by atoms with Gasteiger partial charge in [-0.15, -0.1) is 11.3 Å². The summed E-state index contributed by atoms with van der Waals surface area (Å²) in [5, 5.41) is 11.7. The van der Waals surface area contributed by atoms with Gasteiger partial charge >= 0.3 is 5.97 Å². The van der Waals surface area contributed by atoms with E-state index in [1.165, 1.54) is 16.2 Å². The molecule has 4 rings (SSSR count). The molecule has 1 atom stereocenters. The zero-order valence-electron chi connectivity index (χ0n) is 14.0. The second-order valence-electron chi connectivity index (χ2n) is 6.24. The Kier molecular flexibility index (Phi) is 4.50. The zero-order valence-corrected chi connectivity index (χ0v) is 14.8. The fraction of sp³-hybridized carbons (Fsp3) is 0.389. The van der Waals surface area contributed by atoms with Crippen LogP contribution in [-0.2, 0) is 4.79 Å². The van der Waals surface area contributed by atoms with Crippen LogP contribution in [0, 0.1) is 0 Å². The number of hydrogen-bond donors (Lipinski definition) is 1.